The van der Waals surface area contributed by atoms with Crippen molar-refractivity contribution in [3.8, 4) is 0 Å². The van der Waals surface area contributed by atoms with Crippen molar-refractivity contribution < 1.29 is 0 Å². The van der Waals surface area contributed by atoms with Crippen molar-refractivity contribution in [2.75, 3.05) is 23.3 Å². The number of hydrogen-bond donors (Lipinski definition) is 3. The molecule has 1 heterocycles. The van der Waals surface area contributed by atoms with Gasteiger partial charge >= 0.3 is 0 Å². The number of nitrogens with one attached hydrogen (secondary N) is 1. The molecular formula is C14H23N3. The van der Waals surface area contributed by atoms with E-state index in [0.717, 1.165) is 35.6 Å². The van der Waals surface area contributed by atoms with Gasteiger partial charge in [-0.1, -0.05) is 19.8 Å². The van der Waals surface area contributed by atoms with E-state index in [1.54, 1.807) is 0 Å². The normalized spacial score (nSPS) is 18.6. The van der Waals surface area contributed by atoms with Gasteiger partial charge < -0.3 is 16.8 Å². The van der Waals surface area contributed by atoms with E-state index >= 15 is 0 Å². The summed E-state index contributed by atoms with van der Waals surface area (Å²) < 4.78 is 0. The van der Waals surface area contributed by atoms with E-state index in [1.807, 2.05) is 13.0 Å². The fourth-order valence-electron chi connectivity index (χ4n) is 2.66. The van der Waals surface area contributed by atoms with Gasteiger partial charge in [-0.15, -0.1) is 0 Å². The fourth-order valence-corrected chi connectivity index (χ4v) is 2.66. The molecule has 0 aromatic heterocycles. The monoisotopic (exact) mass is 233 g/mol. The largest absolute Gasteiger partial charge is 0.398 e. The maximum absolute atomic E-state index is 6.17. The maximum Gasteiger partial charge on any atom is 0.0627 e. The third-order valence-electron chi connectivity index (χ3n) is 3.74. The SMILES string of the molecule is CCCCC1CNc2c(N)cc(C)c(N)c2C1. The molecule has 94 valence electrons. The lowest BCUT2D eigenvalue weighted by Crippen LogP contribution is -2.25. The summed E-state index contributed by atoms with van der Waals surface area (Å²) in [6.45, 7) is 5.29. The van der Waals surface area contributed by atoms with Gasteiger partial charge in [0.15, 0.2) is 0 Å². The molecule has 1 aromatic carbocycles. The second-order valence-corrected chi connectivity index (χ2v) is 5.14. The molecule has 1 aliphatic rings. The number of benzene rings is 1. The molecule has 2 rings (SSSR count). The van der Waals surface area contributed by atoms with Crippen LogP contribution >= 0.6 is 0 Å². The van der Waals surface area contributed by atoms with E-state index in [-0.39, 0.29) is 0 Å². The molecule has 1 unspecified atom stereocenters. The van der Waals surface area contributed by atoms with Crippen LogP contribution in [0.1, 0.15) is 37.3 Å². The van der Waals surface area contributed by atoms with Crippen LogP contribution in [0.2, 0.25) is 0 Å². The molecule has 1 atom stereocenters. The summed E-state index contributed by atoms with van der Waals surface area (Å²) in [5.74, 6) is 0.700. The molecule has 0 saturated carbocycles. The average Bonchev–Trinajstić information content (AvgIpc) is 2.33. The number of nitrogens with two attached hydrogens (primary N) is 2. The van der Waals surface area contributed by atoms with Crippen LogP contribution in [0.5, 0.6) is 0 Å². The van der Waals surface area contributed by atoms with Crippen LogP contribution in [0.25, 0.3) is 0 Å². The van der Waals surface area contributed by atoms with E-state index in [0.29, 0.717) is 5.92 Å². The minimum Gasteiger partial charge on any atom is -0.398 e. The topological polar surface area (TPSA) is 64.1 Å². The molecule has 1 aromatic rings. The van der Waals surface area contributed by atoms with Gasteiger partial charge in [0, 0.05) is 17.8 Å². The lowest BCUT2D eigenvalue weighted by Gasteiger charge is -2.29. The zero-order valence-corrected chi connectivity index (χ0v) is 10.8. The predicted octanol–water partition coefficient (Wildman–Crippen LogP) is 2.93. The van der Waals surface area contributed by atoms with Gasteiger partial charge in [0.25, 0.3) is 0 Å². The van der Waals surface area contributed by atoms with Crippen LogP contribution in [0.4, 0.5) is 17.1 Å². The molecule has 0 radical (unpaired) electrons. The lowest BCUT2D eigenvalue weighted by molar-refractivity contribution is 0.475. The predicted molar refractivity (Wildman–Crippen MR) is 75.2 cm³/mol. The molecule has 1 aliphatic heterocycles. The Hall–Kier alpha value is -1.38. The molecule has 0 fully saturated rings. The number of hydrogen-bond acceptors (Lipinski definition) is 3. The van der Waals surface area contributed by atoms with Gasteiger partial charge in [-0.2, -0.15) is 0 Å². The third-order valence-corrected chi connectivity index (χ3v) is 3.74. The van der Waals surface area contributed by atoms with E-state index < -0.39 is 0 Å². The van der Waals surface area contributed by atoms with Gasteiger partial charge in [-0.25, -0.2) is 0 Å². The first kappa shape index (κ1) is 12.1. The summed E-state index contributed by atoms with van der Waals surface area (Å²) in [7, 11) is 0. The number of rotatable bonds is 3. The summed E-state index contributed by atoms with van der Waals surface area (Å²) in [6.07, 6.45) is 4.90. The Morgan fingerprint density at radius 2 is 2.18 bits per heavy atom. The Bertz CT molecular complexity index is 412. The Morgan fingerprint density at radius 1 is 1.41 bits per heavy atom. The molecule has 0 amide bonds. The fraction of sp³-hybridized carbons (Fsp3) is 0.571. The van der Waals surface area contributed by atoms with Gasteiger partial charge in [-0.05, 0) is 37.3 Å². The Kier molecular flexibility index (Phi) is 3.46. The maximum atomic E-state index is 6.17. The first-order valence-electron chi connectivity index (χ1n) is 6.54. The zero-order valence-electron chi connectivity index (χ0n) is 10.8. The molecule has 0 spiro atoms. The highest BCUT2D eigenvalue weighted by molar-refractivity contribution is 5.79. The zero-order chi connectivity index (χ0) is 12.4. The second kappa shape index (κ2) is 4.86. The van der Waals surface area contributed by atoms with Crippen molar-refractivity contribution in [3.63, 3.8) is 0 Å². The van der Waals surface area contributed by atoms with Crippen molar-refractivity contribution >= 4 is 17.1 Å². The number of fused-ring (bicyclic) bond motifs is 1. The van der Waals surface area contributed by atoms with E-state index in [9.17, 15) is 0 Å². The number of unbranched alkanes of at least 4 members (excludes halogenated alkanes) is 1. The highest BCUT2D eigenvalue weighted by atomic mass is 14.9. The summed E-state index contributed by atoms with van der Waals surface area (Å²) in [6, 6.07) is 1.97. The van der Waals surface area contributed by atoms with Gasteiger partial charge in [0.05, 0.1) is 11.4 Å². The molecule has 0 bridgehead atoms. The minimum atomic E-state index is 0.700. The standard InChI is InChI=1S/C14H23N3/c1-3-4-5-10-7-11-13(16)9(2)6-12(15)14(11)17-8-10/h6,10,17H,3-5,7-8,15-16H2,1-2H3. The summed E-state index contributed by atoms with van der Waals surface area (Å²) in [4.78, 5) is 0. The molecular weight excluding hydrogens is 210 g/mol. The van der Waals surface area contributed by atoms with E-state index in [4.69, 9.17) is 11.5 Å². The van der Waals surface area contributed by atoms with Crippen molar-refractivity contribution in [1.29, 1.82) is 0 Å². The molecule has 3 nitrogen and oxygen atoms in total. The molecule has 3 heteroatoms. The number of aryl methyl sites for hydroxylation is 1. The minimum absolute atomic E-state index is 0.700. The summed E-state index contributed by atoms with van der Waals surface area (Å²) in [5.41, 5.74) is 17.4. The van der Waals surface area contributed by atoms with Crippen LogP contribution in [-0.4, -0.2) is 6.54 Å². The smallest absolute Gasteiger partial charge is 0.0627 e. The van der Waals surface area contributed by atoms with Gasteiger partial charge in [0.1, 0.15) is 0 Å². The Labute approximate surface area is 104 Å². The molecule has 0 saturated heterocycles. The van der Waals surface area contributed by atoms with Crippen LogP contribution in [-0.2, 0) is 6.42 Å². The Morgan fingerprint density at radius 3 is 2.88 bits per heavy atom. The van der Waals surface area contributed by atoms with Crippen LogP contribution in [0, 0.1) is 12.8 Å². The van der Waals surface area contributed by atoms with Gasteiger partial charge in [0.2, 0.25) is 0 Å². The second-order valence-electron chi connectivity index (χ2n) is 5.14. The van der Waals surface area contributed by atoms with Crippen molar-refractivity contribution in [2.24, 2.45) is 5.92 Å². The summed E-state index contributed by atoms with van der Waals surface area (Å²) >= 11 is 0. The third kappa shape index (κ3) is 2.33. The molecule has 0 aliphatic carbocycles. The first-order valence-corrected chi connectivity index (χ1v) is 6.54. The van der Waals surface area contributed by atoms with Crippen molar-refractivity contribution in [2.45, 2.75) is 39.5 Å². The molecule has 5 N–H and O–H groups in total. The van der Waals surface area contributed by atoms with E-state index in [1.165, 1.54) is 24.8 Å². The van der Waals surface area contributed by atoms with Crippen LogP contribution in [0.15, 0.2) is 6.07 Å². The molecule has 17 heavy (non-hydrogen) atoms. The number of nitrogen functional groups attached to an aromatic ring is 2. The van der Waals surface area contributed by atoms with Gasteiger partial charge in [-0.3, -0.25) is 0 Å². The summed E-state index contributed by atoms with van der Waals surface area (Å²) in [5, 5.41) is 3.45. The average molecular weight is 233 g/mol. The Balaban J connectivity index is 2.24. The lowest BCUT2D eigenvalue weighted by atomic mass is 9.87. The first-order chi connectivity index (χ1) is 8.13. The number of anilines is 3. The van der Waals surface area contributed by atoms with Crippen molar-refractivity contribution in [1.82, 2.24) is 0 Å². The van der Waals surface area contributed by atoms with Crippen LogP contribution < -0.4 is 16.8 Å². The van der Waals surface area contributed by atoms with Crippen LogP contribution in [0.3, 0.4) is 0 Å². The highest BCUT2D eigenvalue weighted by Gasteiger charge is 2.22. The highest BCUT2D eigenvalue weighted by Crippen LogP contribution is 2.37. The van der Waals surface area contributed by atoms with Crippen molar-refractivity contribution in [3.05, 3.63) is 17.2 Å². The quantitative estimate of drug-likeness (QED) is 0.703. The van der Waals surface area contributed by atoms with E-state index in [2.05, 4.69) is 12.2 Å².